The number of rotatable bonds is 10. The van der Waals surface area contributed by atoms with Crippen molar-refractivity contribution in [3.05, 3.63) is 41.7 Å². The molecular weight excluding hydrogens is 362 g/mol. The highest BCUT2D eigenvalue weighted by atomic mass is 32.2. The van der Waals surface area contributed by atoms with Crippen molar-refractivity contribution >= 4 is 23.6 Å². The molecule has 0 bridgehead atoms. The lowest BCUT2D eigenvalue weighted by atomic mass is 10.1. The average molecular weight is 388 g/mol. The van der Waals surface area contributed by atoms with Crippen molar-refractivity contribution in [1.29, 1.82) is 0 Å². The Kier molecular flexibility index (Phi) is 6.49. The van der Waals surface area contributed by atoms with E-state index in [1.54, 1.807) is 0 Å². The largest absolute Gasteiger partial charge is 0.370 e. The quantitative estimate of drug-likeness (QED) is 0.606. The van der Waals surface area contributed by atoms with Crippen LogP contribution in [0.2, 0.25) is 0 Å². The number of primary amides is 1. The molecule has 8 heteroatoms. The monoisotopic (exact) mass is 387 g/mol. The van der Waals surface area contributed by atoms with E-state index in [1.807, 2.05) is 41.8 Å². The number of hydrogen-bond donors (Lipinski definition) is 2. The molecule has 7 nitrogen and oxygen atoms in total. The summed E-state index contributed by atoms with van der Waals surface area (Å²) in [5.74, 6) is 0.923. The predicted molar refractivity (Wildman–Crippen MR) is 104 cm³/mol. The number of amides is 2. The molecule has 0 aliphatic heterocycles. The van der Waals surface area contributed by atoms with Crippen LogP contribution in [0.1, 0.15) is 43.5 Å². The Morgan fingerprint density at radius 1 is 1.30 bits per heavy atom. The highest BCUT2D eigenvalue weighted by Gasteiger charge is 2.31. The Bertz CT molecular complexity index is 789. The maximum Gasteiger partial charge on any atom is 0.233 e. The van der Waals surface area contributed by atoms with Gasteiger partial charge in [-0.1, -0.05) is 42.1 Å². The van der Waals surface area contributed by atoms with Gasteiger partial charge in [0.05, 0.1) is 5.25 Å². The van der Waals surface area contributed by atoms with Crippen LogP contribution in [-0.2, 0) is 22.6 Å². The third-order valence-electron chi connectivity index (χ3n) is 4.48. The van der Waals surface area contributed by atoms with Gasteiger partial charge >= 0.3 is 0 Å². The van der Waals surface area contributed by atoms with E-state index in [9.17, 15) is 9.59 Å². The fourth-order valence-corrected chi connectivity index (χ4v) is 3.70. The summed E-state index contributed by atoms with van der Waals surface area (Å²) >= 11 is 1.37. The topological polar surface area (TPSA) is 103 Å². The first-order valence-corrected chi connectivity index (χ1v) is 10.1. The van der Waals surface area contributed by atoms with E-state index in [2.05, 4.69) is 15.5 Å². The Hall–Kier alpha value is -2.35. The molecule has 3 N–H and O–H groups in total. The molecule has 1 atom stereocenters. The van der Waals surface area contributed by atoms with Crippen LogP contribution in [-0.4, -0.2) is 38.4 Å². The number of nitrogens with one attached hydrogen (secondary N) is 1. The minimum Gasteiger partial charge on any atom is -0.370 e. The van der Waals surface area contributed by atoms with Gasteiger partial charge in [0, 0.05) is 25.4 Å². The molecular formula is C19H25N5O2S. The van der Waals surface area contributed by atoms with Crippen molar-refractivity contribution < 1.29 is 9.59 Å². The third kappa shape index (κ3) is 5.56. The summed E-state index contributed by atoms with van der Waals surface area (Å²) in [5.41, 5.74) is 6.48. The number of aromatic nitrogens is 3. The fraction of sp³-hybridized carbons (Fsp3) is 0.474. The second-order valence-electron chi connectivity index (χ2n) is 6.77. The number of carbonyl (C=O) groups is 2. The molecule has 2 amide bonds. The average Bonchev–Trinajstić information content (AvgIpc) is 3.42. The first-order valence-electron chi connectivity index (χ1n) is 9.24. The van der Waals surface area contributed by atoms with E-state index in [0.29, 0.717) is 24.2 Å². The van der Waals surface area contributed by atoms with E-state index < -0.39 is 0 Å². The van der Waals surface area contributed by atoms with Gasteiger partial charge in [-0.25, -0.2) is 0 Å². The summed E-state index contributed by atoms with van der Waals surface area (Å²) in [6, 6.07) is 10.1. The highest BCUT2D eigenvalue weighted by Crippen LogP contribution is 2.40. The van der Waals surface area contributed by atoms with Gasteiger partial charge in [-0.15, -0.1) is 10.2 Å². The summed E-state index contributed by atoms with van der Waals surface area (Å²) < 4.78 is 1.95. The number of nitrogens with two attached hydrogens (primary N) is 1. The van der Waals surface area contributed by atoms with Crippen molar-refractivity contribution in [3.63, 3.8) is 0 Å². The summed E-state index contributed by atoms with van der Waals surface area (Å²) in [7, 11) is 0. The van der Waals surface area contributed by atoms with Gasteiger partial charge in [0.2, 0.25) is 11.8 Å². The van der Waals surface area contributed by atoms with Crippen LogP contribution >= 0.6 is 11.8 Å². The summed E-state index contributed by atoms with van der Waals surface area (Å²) in [6.45, 7) is 2.90. The smallest absolute Gasteiger partial charge is 0.233 e. The zero-order valence-electron chi connectivity index (χ0n) is 15.4. The number of hydrogen-bond acceptors (Lipinski definition) is 5. The maximum atomic E-state index is 12.4. The second kappa shape index (κ2) is 9.03. The van der Waals surface area contributed by atoms with Gasteiger partial charge in [0.15, 0.2) is 5.16 Å². The molecule has 0 saturated heterocycles. The molecule has 1 heterocycles. The molecule has 2 aromatic rings. The van der Waals surface area contributed by atoms with E-state index in [0.717, 1.165) is 25.1 Å². The molecule has 1 aromatic heterocycles. The molecule has 1 aliphatic rings. The van der Waals surface area contributed by atoms with Crippen LogP contribution in [0.15, 0.2) is 35.5 Å². The molecule has 27 heavy (non-hydrogen) atoms. The van der Waals surface area contributed by atoms with Crippen molar-refractivity contribution in [2.75, 3.05) is 6.54 Å². The lowest BCUT2D eigenvalue weighted by molar-refractivity contribution is -0.120. The standard InChI is InChI=1S/C19H25N5O2S/c1-13(18(26)21-11-9-14-5-3-2-4-6-14)27-19-23-22-17(15-7-8-15)24(19)12-10-16(20)25/h2-6,13,15H,7-12H2,1H3,(H2,20,25)(H,21,26). The minimum atomic E-state index is -0.354. The lowest BCUT2D eigenvalue weighted by Gasteiger charge is -2.13. The molecule has 1 unspecified atom stereocenters. The van der Waals surface area contributed by atoms with Crippen molar-refractivity contribution in [1.82, 2.24) is 20.1 Å². The van der Waals surface area contributed by atoms with Gasteiger partial charge in [0.25, 0.3) is 0 Å². The van der Waals surface area contributed by atoms with Crippen molar-refractivity contribution in [2.24, 2.45) is 5.73 Å². The first kappa shape index (κ1) is 19.4. The molecule has 1 aromatic carbocycles. The zero-order chi connectivity index (χ0) is 19.2. The first-order chi connectivity index (χ1) is 13.0. The molecule has 1 aliphatic carbocycles. The Labute approximate surface area is 163 Å². The lowest BCUT2D eigenvalue weighted by Crippen LogP contribution is -2.32. The number of nitrogens with zero attached hydrogens (tertiary/aromatic N) is 3. The van der Waals surface area contributed by atoms with Crippen LogP contribution < -0.4 is 11.1 Å². The van der Waals surface area contributed by atoms with Crippen molar-refractivity contribution in [2.45, 2.75) is 55.5 Å². The van der Waals surface area contributed by atoms with Crippen LogP contribution in [0, 0.1) is 0 Å². The van der Waals surface area contributed by atoms with Gasteiger partial charge in [-0.2, -0.15) is 0 Å². The van der Waals surface area contributed by atoms with Crippen LogP contribution in [0.5, 0.6) is 0 Å². The summed E-state index contributed by atoms with van der Waals surface area (Å²) in [5, 5.41) is 11.9. The van der Waals surface area contributed by atoms with Gasteiger partial charge in [-0.3, -0.25) is 9.59 Å². The Morgan fingerprint density at radius 2 is 2.04 bits per heavy atom. The normalized spacial score (nSPS) is 14.7. The van der Waals surface area contributed by atoms with Gasteiger partial charge in [-0.05, 0) is 31.7 Å². The molecule has 144 valence electrons. The van der Waals surface area contributed by atoms with Crippen LogP contribution in [0.4, 0.5) is 0 Å². The van der Waals surface area contributed by atoms with E-state index >= 15 is 0 Å². The molecule has 3 rings (SSSR count). The predicted octanol–water partition coefficient (Wildman–Crippen LogP) is 1.87. The zero-order valence-corrected chi connectivity index (χ0v) is 16.2. The van der Waals surface area contributed by atoms with Crippen LogP contribution in [0.25, 0.3) is 0 Å². The van der Waals surface area contributed by atoms with Gasteiger partial charge < -0.3 is 15.6 Å². The SMILES string of the molecule is CC(Sc1nnc(C2CC2)n1CCC(N)=O)C(=O)NCCc1ccccc1. The fourth-order valence-electron chi connectivity index (χ4n) is 2.79. The molecule has 0 radical (unpaired) electrons. The second-order valence-corrected chi connectivity index (χ2v) is 8.08. The number of benzene rings is 1. The highest BCUT2D eigenvalue weighted by molar-refractivity contribution is 8.00. The molecule has 0 spiro atoms. The minimum absolute atomic E-state index is 0.0339. The summed E-state index contributed by atoms with van der Waals surface area (Å²) in [6.07, 6.45) is 3.22. The third-order valence-corrected chi connectivity index (χ3v) is 5.56. The molecule has 1 saturated carbocycles. The maximum absolute atomic E-state index is 12.4. The van der Waals surface area contributed by atoms with E-state index in [1.165, 1.54) is 17.3 Å². The van der Waals surface area contributed by atoms with Crippen molar-refractivity contribution in [3.8, 4) is 0 Å². The van der Waals surface area contributed by atoms with E-state index in [-0.39, 0.29) is 23.5 Å². The Morgan fingerprint density at radius 3 is 2.70 bits per heavy atom. The van der Waals surface area contributed by atoms with E-state index in [4.69, 9.17) is 5.73 Å². The number of thioether (sulfide) groups is 1. The van der Waals surface area contributed by atoms with Crippen LogP contribution in [0.3, 0.4) is 0 Å². The Balaban J connectivity index is 1.55. The molecule has 1 fully saturated rings. The number of carbonyl (C=O) groups excluding carboxylic acids is 2. The van der Waals surface area contributed by atoms with Gasteiger partial charge in [0.1, 0.15) is 5.82 Å². The summed E-state index contributed by atoms with van der Waals surface area (Å²) in [4.78, 5) is 23.6.